The zero-order valence-electron chi connectivity index (χ0n) is 20.0. The molecule has 10 nitrogen and oxygen atoms in total. The fraction of sp³-hybridized carbons (Fsp3) is 0.261. The minimum absolute atomic E-state index is 0.132. The summed E-state index contributed by atoms with van der Waals surface area (Å²) in [5.74, 6) is 1.11. The van der Waals surface area contributed by atoms with Crippen LogP contribution in [0.5, 0.6) is 34.5 Å². The molecule has 12 heteroatoms. The summed E-state index contributed by atoms with van der Waals surface area (Å²) < 4.78 is 61.4. The number of methoxy groups -OCH3 is 6. The Labute approximate surface area is 218 Å². The van der Waals surface area contributed by atoms with Crippen molar-refractivity contribution in [3.63, 3.8) is 0 Å². The lowest BCUT2D eigenvalue weighted by molar-refractivity contribution is -0.114. The quantitative estimate of drug-likeness (QED) is 0.297. The first-order valence-electron chi connectivity index (χ1n) is 9.85. The Morgan fingerprint density at radius 2 is 1.20 bits per heavy atom. The van der Waals surface area contributed by atoms with Gasteiger partial charge in [-0.1, -0.05) is 22.6 Å². The lowest BCUT2D eigenvalue weighted by Gasteiger charge is -2.17. The average molecular weight is 619 g/mol. The highest BCUT2D eigenvalue weighted by Crippen LogP contribution is 2.41. The van der Waals surface area contributed by atoms with Gasteiger partial charge in [0.2, 0.25) is 0 Å². The lowest BCUT2D eigenvalue weighted by atomic mass is 10.1. The number of sulfonamides is 1. The Balaban J connectivity index is 2.43. The molecule has 0 saturated heterocycles. The SMILES string of the molecule is COc1cc(OC)c(C=CC(=O)NS(=O)(=O)C(=CI)c2c(OC)cc(OC)cc2OC)c(OC)c1. The normalized spacial score (nSPS) is 11.7. The van der Waals surface area contributed by atoms with E-state index in [-0.39, 0.29) is 22.0 Å². The molecule has 0 aliphatic carbocycles. The molecule has 0 aliphatic rings. The number of nitrogens with one attached hydrogen (secondary N) is 1. The van der Waals surface area contributed by atoms with Crippen LogP contribution in [0.15, 0.2) is 34.4 Å². The molecule has 0 atom stereocenters. The number of benzene rings is 2. The van der Waals surface area contributed by atoms with Crippen molar-refractivity contribution in [2.75, 3.05) is 42.7 Å². The van der Waals surface area contributed by atoms with Crippen molar-refractivity contribution < 1.29 is 41.6 Å². The van der Waals surface area contributed by atoms with Crippen molar-refractivity contribution in [3.8, 4) is 34.5 Å². The Morgan fingerprint density at radius 1 is 0.771 bits per heavy atom. The molecule has 190 valence electrons. The molecule has 0 aromatic heterocycles. The number of rotatable bonds is 11. The molecule has 2 aromatic carbocycles. The van der Waals surface area contributed by atoms with Gasteiger partial charge in [0, 0.05) is 30.3 Å². The molecule has 0 unspecified atom stereocenters. The molecule has 0 radical (unpaired) electrons. The fourth-order valence-electron chi connectivity index (χ4n) is 3.07. The van der Waals surface area contributed by atoms with Gasteiger partial charge in [0.25, 0.3) is 15.9 Å². The third-order valence-electron chi connectivity index (χ3n) is 4.74. The maximum atomic E-state index is 13.2. The predicted octanol–water partition coefficient (Wildman–Crippen LogP) is 3.63. The molecule has 1 N–H and O–H groups in total. The molecule has 0 spiro atoms. The minimum atomic E-state index is -4.34. The van der Waals surface area contributed by atoms with Crippen LogP contribution in [0, 0.1) is 0 Å². The van der Waals surface area contributed by atoms with Crippen molar-refractivity contribution >= 4 is 49.5 Å². The molecule has 2 aromatic rings. The number of hydrogen-bond donors (Lipinski definition) is 1. The third kappa shape index (κ3) is 6.51. The molecule has 0 saturated carbocycles. The van der Waals surface area contributed by atoms with Gasteiger partial charge in [0.15, 0.2) is 0 Å². The van der Waals surface area contributed by atoms with Gasteiger partial charge in [0.05, 0.1) is 53.8 Å². The van der Waals surface area contributed by atoms with Gasteiger partial charge in [-0.2, -0.15) is 0 Å². The molecule has 0 aliphatic heterocycles. The molecule has 0 bridgehead atoms. The van der Waals surface area contributed by atoms with E-state index >= 15 is 0 Å². The highest BCUT2D eigenvalue weighted by molar-refractivity contribution is 14.1. The Bertz CT molecular complexity index is 1190. The number of carbonyl (C=O) groups excluding carboxylic acids is 1. The Kier molecular flexibility index (Phi) is 10.1. The summed E-state index contributed by atoms with van der Waals surface area (Å²) in [5.41, 5.74) is 0.555. The molecule has 2 rings (SSSR count). The van der Waals surface area contributed by atoms with Crippen molar-refractivity contribution in [3.05, 3.63) is 45.6 Å². The van der Waals surface area contributed by atoms with Crippen LogP contribution in [0.4, 0.5) is 0 Å². The van der Waals surface area contributed by atoms with Gasteiger partial charge in [-0.05, 0) is 10.2 Å². The molecule has 0 heterocycles. The largest absolute Gasteiger partial charge is 0.496 e. The summed E-state index contributed by atoms with van der Waals surface area (Å²) in [4.78, 5) is 12.4. The molecule has 0 fully saturated rings. The van der Waals surface area contributed by atoms with Crippen LogP contribution < -0.4 is 33.1 Å². The van der Waals surface area contributed by atoms with Gasteiger partial charge in [-0.15, -0.1) is 0 Å². The topological polar surface area (TPSA) is 119 Å². The van der Waals surface area contributed by atoms with Crippen LogP contribution in [0.3, 0.4) is 0 Å². The monoisotopic (exact) mass is 619 g/mol. The highest BCUT2D eigenvalue weighted by Gasteiger charge is 2.28. The fourth-order valence-corrected chi connectivity index (χ4v) is 5.42. The number of ether oxygens (including phenoxy) is 6. The van der Waals surface area contributed by atoms with Crippen LogP contribution in [0.25, 0.3) is 11.0 Å². The first-order chi connectivity index (χ1) is 16.7. The van der Waals surface area contributed by atoms with Gasteiger partial charge in [0.1, 0.15) is 39.4 Å². The predicted molar refractivity (Wildman–Crippen MR) is 140 cm³/mol. The second-order valence-electron chi connectivity index (χ2n) is 6.63. The van der Waals surface area contributed by atoms with E-state index in [0.29, 0.717) is 28.6 Å². The second kappa shape index (κ2) is 12.5. The van der Waals surface area contributed by atoms with E-state index in [1.165, 1.54) is 65.0 Å². The van der Waals surface area contributed by atoms with Gasteiger partial charge >= 0.3 is 0 Å². The smallest absolute Gasteiger partial charge is 0.265 e. The number of carbonyl (C=O) groups is 1. The van der Waals surface area contributed by atoms with E-state index in [1.807, 2.05) is 4.72 Å². The summed E-state index contributed by atoms with van der Waals surface area (Å²) in [6, 6.07) is 6.24. The van der Waals surface area contributed by atoms with E-state index in [4.69, 9.17) is 28.4 Å². The maximum Gasteiger partial charge on any atom is 0.265 e. The van der Waals surface area contributed by atoms with Crippen LogP contribution in [-0.2, 0) is 14.8 Å². The highest BCUT2D eigenvalue weighted by atomic mass is 127. The summed E-state index contributed by atoms with van der Waals surface area (Å²) in [6.07, 6.45) is 2.43. The van der Waals surface area contributed by atoms with Crippen molar-refractivity contribution in [1.82, 2.24) is 4.72 Å². The van der Waals surface area contributed by atoms with E-state index in [2.05, 4.69) is 0 Å². The average Bonchev–Trinajstić information content (AvgIpc) is 2.86. The van der Waals surface area contributed by atoms with Crippen molar-refractivity contribution in [2.24, 2.45) is 0 Å². The van der Waals surface area contributed by atoms with E-state index in [9.17, 15) is 13.2 Å². The van der Waals surface area contributed by atoms with E-state index < -0.39 is 15.9 Å². The zero-order valence-corrected chi connectivity index (χ0v) is 23.0. The molecular weight excluding hydrogens is 593 g/mol. The van der Waals surface area contributed by atoms with Crippen LogP contribution >= 0.6 is 22.6 Å². The molecule has 35 heavy (non-hydrogen) atoms. The van der Waals surface area contributed by atoms with Crippen LogP contribution in [0.1, 0.15) is 11.1 Å². The van der Waals surface area contributed by atoms with Crippen LogP contribution in [-0.4, -0.2) is 57.0 Å². The van der Waals surface area contributed by atoms with Crippen molar-refractivity contribution in [1.29, 1.82) is 0 Å². The van der Waals surface area contributed by atoms with E-state index in [0.717, 1.165) is 6.08 Å². The zero-order chi connectivity index (χ0) is 26.2. The number of amides is 1. The third-order valence-corrected chi connectivity index (χ3v) is 7.16. The minimum Gasteiger partial charge on any atom is -0.496 e. The van der Waals surface area contributed by atoms with Crippen molar-refractivity contribution in [2.45, 2.75) is 0 Å². The maximum absolute atomic E-state index is 13.2. The van der Waals surface area contributed by atoms with Gasteiger partial charge in [-0.3, -0.25) is 4.79 Å². The Morgan fingerprint density at radius 3 is 1.57 bits per heavy atom. The van der Waals surface area contributed by atoms with E-state index in [1.54, 1.807) is 34.7 Å². The first-order valence-corrected chi connectivity index (χ1v) is 12.6. The number of hydrogen-bond acceptors (Lipinski definition) is 9. The summed E-state index contributed by atoms with van der Waals surface area (Å²) in [6.45, 7) is 0. The molecule has 1 amide bonds. The standard InChI is InChI=1S/C23H26INO9S/c1-29-14-9-17(31-3)16(18(10-14)32-4)7-8-22(26)25-35(27,28)21(13-24)23-19(33-5)11-15(30-2)12-20(23)34-6/h7-13H,1-6H3,(H,25,26). The summed E-state index contributed by atoms with van der Waals surface area (Å²) >= 11 is 1.77. The summed E-state index contributed by atoms with van der Waals surface area (Å²) in [7, 11) is 4.27. The van der Waals surface area contributed by atoms with Gasteiger partial charge in [-0.25, -0.2) is 13.1 Å². The molecular formula is C23H26INO9S. The van der Waals surface area contributed by atoms with Gasteiger partial charge < -0.3 is 28.4 Å². The number of halogens is 1. The first kappa shape index (κ1) is 28.1. The Hall–Kier alpha value is -3.13. The lowest BCUT2D eigenvalue weighted by Crippen LogP contribution is -2.29. The second-order valence-corrected chi connectivity index (χ2v) is 8.90. The summed E-state index contributed by atoms with van der Waals surface area (Å²) in [5, 5.41) is 0. The van der Waals surface area contributed by atoms with Crippen LogP contribution in [0.2, 0.25) is 0 Å².